The number of rotatable bonds is 4. The van der Waals surface area contributed by atoms with Crippen LogP contribution in [0.4, 0.5) is 4.39 Å². The van der Waals surface area contributed by atoms with E-state index in [4.69, 9.17) is 0 Å². The Kier molecular flexibility index (Phi) is 3.46. The summed E-state index contributed by atoms with van der Waals surface area (Å²) in [6, 6.07) is 6.82. The molecule has 2 nitrogen and oxygen atoms in total. The molecule has 19 heavy (non-hydrogen) atoms. The van der Waals surface area contributed by atoms with Crippen molar-refractivity contribution < 1.29 is 9.50 Å². The van der Waals surface area contributed by atoms with Gasteiger partial charge in [-0.05, 0) is 54.2 Å². The first kappa shape index (κ1) is 12.9. The number of hydrogen-bond donors (Lipinski definition) is 1. The lowest BCUT2D eigenvalue weighted by Crippen LogP contribution is -2.00. The molecule has 1 N–H and O–H groups in total. The van der Waals surface area contributed by atoms with Gasteiger partial charge in [0.25, 0.3) is 0 Å². The third-order valence-corrected chi connectivity index (χ3v) is 3.93. The summed E-state index contributed by atoms with van der Waals surface area (Å²) in [7, 11) is 0. The lowest BCUT2D eigenvalue weighted by atomic mass is 10.1. The third kappa shape index (κ3) is 3.07. The van der Waals surface area contributed by atoms with Crippen molar-refractivity contribution in [2.75, 3.05) is 0 Å². The Bertz CT molecular complexity index is 571. The standard InChI is InChI=1S/C15H15BrFNO/c16-13-5-10(6-14(17)7-13)8-18-4-3-12(9-18)15(19)11-1-2-11/h3-7,9,11,15,19H,1-2,8H2. The van der Waals surface area contributed by atoms with Gasteiger partial charge in [0.2, 0.25) is 0 Å². The van der Waals surface area contributed by atoms with Gasteiger partial charge in [-0.1, -0.05) is 15.9 Å². The van der Waals surface area contributed by atoms with Crippen molar-refractivity contribution in [3.63, 3.8) is 0 Å². The molecule has 0 aliphatic heterocycles. The molecule has 0 amide bonds. The number of hydrogen-bond acceptors (Lipinski definition) is 1. The van der Waals surface area contributed by atoms with Crippen LogP contribution in [-0.4, -0.2) is 9.67 Å². The highest BCUT2D eigenvalue weighted by Crippen LogP contribution is 2.40. The summed E-state index contributed by atoms with van der Waals surface area (Å²) in [6.45, 7) is 0.605. The van der Waals surface area contributed by atoms with Crippen molar-refractivity contribution >= 4 is 15.9 Å². The Hall–Kier alpha value is -1.13. The van der Waals surface area contributed by atoms with Gasteiger partial charge in [-0.3, -0.25) is 0 Å². The van der Waals surface area contributed by atoms with Crippen molar-refractivity contribution in [3.05, 3.63) is 58.1 Å². The summed E-state index contributed by atoms with van der Waals surface area (Å²) < 4.78 is 16.0. The maximum Gasteiger partial charge on any atom is 0.124 e. The highest BCUT2D eigenvalue weighted by molar-refractivity contribution is 9.10. The molecule has 1 atom stereocenters. The van der Waals surface area contributed by atoms with E-state index in [0.717, 1.165) is 28.4 Å². The minimum Gasteiger partial charge on any atom is -0.388 e. The molecule has 1 aliphatic rings. The van der Waals surface area contributed by atoms with Gasteiger partial charge in [0.05, 0.1) is 6.10 Å². The van der Waals surface area contributed by atoms with Crippen LogP contribution in [0.5, 0.6) is 0 Å². The normalized spacial score (nSPS) is 16.6. The number of halogens is 2. The minimum atomic E-state index is -0.347. The minimum absolute atomic E-state index is 0.241. The predicted molar refractivity (Wildman–Crippen MR) is 75.3 cm³/mol. The zero-order valence-corrected chi connectivity index (χ0v) is 12.0. The summed E-state index contributed by atoms with van der Waals surface area (Å²) in [5.41, 5.74) is 1.85. The summed E-state index contributed by atoms with van der Waals surface area (Å²) in [5.74, 6) is 0.189. The van der Waals surface area contributed by atoms with E-state index in [1.54, 1.807) is 0 Å². The lowest BCUT2D eigenvalue weighted by Gasteiger charge is -2.07. The van der Waals surface area contributed by atoms with E-state index in [9.17, 15) is 9.50 Å². The molecule has 2 aromatic rings. The molecule has 0 bridgehead atoms. The summed E-state index contributed by atoms with van der Waals surface area (Å²) in [5, 5.41) is 10.0. The quantitative estimate of drug-likeness (QED) is 0.907. The zero-order valence-electron chi connectivity index (χ0n) is 10.4. The second kappa shape index (κ2) is 5.10. The highest BCUT2D eigenvalue weighted by atomic mass is 79.9. The number of aliphatic hydroxyl groups excluding tert-OH is 1. The van der Waals surface area contributed by atoms with Gasteiger partial charge in [0.1, 0.15) is 5.82 Å². The monoisotopic (exact) mass is 323 g/mol. The first-order valence-electron chi connectivity index (χ1n) is 6.40. The Balaban J connectivity index is 1.75. The molecule has 1 fully saturated rings. The van der Waals surface area contributed by atoms with E-state index in [2.05, 4.69) is 15.9 Å². The van der Waals surface area contributed by atoms with Crippen LogP contribution in [0.1, 0.15) is 30.1 Å². The van der Waals surface area contributed by atoms with Gasteiger partial charge in [0.15, 0.2) is 0 Å². The highest BCUT2D eigenvalue weighted by Gasteiger charge is 2.31. The van der Waals surface area contributed by atoms with Crippen LogP contribution >= 0.6 is 15.9 Å². The maximum atomic E-state index is 13.3. The molecule has 3 rings (SSSR count). The molecular weight excluding hydrogens is 309 g/mol. The van der Waals surface area contributed by atoms with E-state index in [-0.39, 0.29) is 11.9 Å². The lowest BCUT2D eigenvalue weighted by molar-refractivity contribution is 0.154. The van der Waals surface area contributed by atoms with Crippen LogP contribution in [0.25, 0.3) is 0 Å². The smallest absolute Gasteiger partial charge is 0.124 e. The fraction of sp³-hybridized carbons (Fsp3) is 0.333. The number of benzene rings is 1. The van der Waals surface area contributed by atoms with E-state index < -0.39 is 0 Å². The van der Waals surface area contributed by atoms with Crippen molar-refractivity contribution in [2.24, 2.45) is 5.92 Å². The Morgan fingerprint density at radius 3 is 2.84 bits per heavy atom. The van der Waals surface area contributed by atoms with E-state index in [1.807, 2.05) is 29.1 Å². The predicted octanol–water partition coefficient (Wildman–Crippen LogP) is 3.88. The molecule has 0 radical (unpaired) electrons. The molecule has 1 aromatic carbocycles. The van der Waals surface area contributed by atoms with Gasteiger partial charge in [-0.25, -0.2) is 4.39 Å². The molecule has 4 heteroatoms. The maximum absolute atomic E-state index is 13.3. The van der Waals surface area contributed by atoms with E-state index in [1.165, 1.54) is 12.1 Å². The molecule has 1 aromatic heterocycles. The van der Waals surface area contributed by atoms with Gasteiger partial charge in [-0.15, -0.1) is 0 Å². The third-order valence-electron chi connectivity index (χ3n) is 3.47. The average molecular weight is 324 g/mol. The van der Waals surface area contributed by atoms with E-state index in [0.29, 0.717) is 12.5 Å². The summed E-state index contributed by atoms with van der Waals surface area (Å²) in [6.07, 6.45) is 5.76. The molecule has 100 valence electrons. The van der Waals surface area contributed by atoms with Crippen molar-refractivity contribution in [1.82, 2.24) is 4.57 Å². The Morgan fingerprint density at radius 1 is 1.37 bits per heavy atom. The van der Waals surface area contributed by atoms with Crippen LogP contribution in [0, 0.1) is 11.7 Å². The average Bonchev–Trinajstić information content (AvgIpc) is 3.08. The second-order valence-electron chi connectivity index (χ2n) is 5.18. The Labute approximate surface area is 120 Å². The SMILES string of the molecule is OC(c1ccn(Cc2cc(F)cc(Br)c2)c1)C1CC1. The topological polar surface area (TPSA) is 25.2 Å². The molecule has 1 heterocycles. The van der Waals surface area contributed by atoms with Gasteiger partial charge >= 0.3 is 0 Å². The van der Waals surface area contributed by atoms with Crippen molar-refractivity contribution in [2.45, 2.75) is 25.5 Å². The Morgan fingerprint density at radius 2 is 2.16 bits per heavy atom. The molecule has 1 saturated carbocycles. The molecule has 1 aliphatic carbocycles. The summed E-state index contributed by atoms with van der Waals surface area (Å²) in [4.78, 5) is 0. The summed E-state index contributed by atoms with van der Waals surface area (Å²) >= 11 is 3.29. The molecule has 0 saturated heterocycles. The van der Waals surface area contributed by atoms with Gasteiger partial charge < -0.3 is 9.67 Å². The van der Waals surface area contributed by atoms with Gasteiger partial charge in [0, 0.05) is 23.4 Å². The number of aromatic nitrogens is 1. The zero-order chi connectivity index (χ0) is 13.4. The molecule has 1 unspecified atom stereocenters. The van der Waals surface area contributed by atoms with Crippen molar-refractivity contribution in [3.8, 4) is 0 Å². The number of aliphatic hydroxyl groups is 1. The fourth-order valence-corrected chi connectivity index (χ4v) is 2.84. The second-order valence-corrected chi connectivity index (χ2v) is 6.09. The van der Waals surface area contributed by atoms with Crippen LogP contribution in [-0.2, 0) is 6.54 Å². The van der Waals surface area contributed by atoms with Gasteiger partial charge in [-0.2, -0.15) is 0 Å². The number of nitrogens with zero attached hydrogens (tertiary/aromatic N) is 1. The van der Waals surface area contributed by atoms with Crippen LogP contribution in [0.2, 0.25) is 0 Å². The van der Waals surface area contributed by atoms with E-state index >= 15 is 0 Å². The van der Waals surface area contributed by atoms with Crippen molar-refractivity contribution in [1.29, 1.82) is 0 Å². The van der Waals surface area contributed by atoms with Crippen LogP contribution < -0.4 is 0 Å². The van der Waals surface area contributed by atoms with Crippen LogP contribution in [0.3, 0.4) is 0 Å². The largest absolute Gasteiger partial charge is 0.388 e. The first-order valence-corrected chi connectivity index (χ1v) is 7.20. The fourth-order valence-electron chi connectivity index (χ4n) is 2.33. The molecule has 0 spiro atoms. The molecular formula is C15H15BrFNO. The first-order chi connectivity index (χ1) is 9.11. The van der Waals surface area contributed by atoms with Crippen LogP contribution in [0.15, 0.2) is 41.1 Å².